The summed E-state index contributed by atoms with van der Waals surface area (Å²) in [6.45, 7) is 1.67. The zero-order chi connectivity index (χ0) is 20.4. The van der Waals surface area contributed by atoms with E-state index in [1.165, 1.54) is 0 Å². The zero-order valence-corrected chi connectivity index (χ0v) is 16.3. The van der Waals surface area contributed by atoms with Crippen molar-refractivity contribution < 1.29 is 20.4 Å². The lowest BCUT2D eigenvalue weighted by Gasteiger charge is -2.22. The molecule has 1 aromatic heterocycles. The third kappa shape index (κ3) is 4.03. The van der Waals surface area contributed by atoms with Crippen molar-refractivity contribution in [3.63, 3.8) is 0 Å². The maximum Gasteiger partial charge on any atom is 0.335 e. The molecule has 1 aromatic carbocycles. The molecular formula is C17H20BrN3O6. The summed E-state index contributed by atoms with van der Waals surface area (Å²) in [4.78, 5) is 30.3. The van der Waals surface area contributed by atoms with Gasteiger partial charge in [0.15, 0.2) is 0 Å². The first kappa shape index (κ1) is 21.0. The summed E-state index contributed by atoms with van der Waals surface area (Å²) in [5.41, 5.74) is -1.61. The Bertz CT molecular complexity index is 983. The number of hydrogen-bond donors (Lipinski definition) is 5. The van der Waals surface area contributed by atoms with Crippen molar-refractivity contribution in [1.82, 2.24) is 9.55 Å². The van der Waals surface area contributed by atoms with Crippen molar-refractivity contribution in [2.75, 3.05) is 19.8 Å². The summed E-state index contributed by atoms with van der Waals surface area (Å²) in [6.07, 6.45) is 0.904. The molecule has 0 atom stereocenters. The smallest absolute Gasteiger partial charge is 0.335 e. The molecule has 0 spiro atoms. The summed E-state index contributed by atoms with van der Waals surface area (Å²) in [5.74, 6) is -0.667. The molecule has 2 aromatic rings. The number of aromatic nitrogens is 2. The van der Waals surface area contributed by atoms with Gasteiger partial charge in [0.2, 0.25) is 5.88 Å². The van der Waals surface area contributed by atoms with Gasteiger partial charge in [-0.25, -0.2) is 9.36 Å². The number of halogens is 1. The van der Waals surface area contributed by atoms with Crippen LogP contribution < -0.4 is 11.2 Å². The highest BCUT2D eigenvalue weighted by Gasteiger charge is 2.27. The first-order valence-corrected chi connectivity index (χ1v) is 8.72. The molecule has 0 aliphatic heterocycles. The summed E-state index contributed by atoms with van der Waals surface area (Å²) in [5, 5.41) is 38.5. The first-order valence-electron chi connectivity index (χ1n) is 7.93. The number of rotatable bonds is 6. The highest BCUT2D eigenvalue weighted by molar-refractivity contribution is 9.10. The van der Waals surface area contributed by atoms with Crippen LogP contribution in [0.15, 0.2) is 31.2 Å². The van der Waals surface area contributed by atoms with Gasteiger partial charge in [-0.15, -0.1) is 0 Å². The SMILES string of the molecule is Cc1cc(Br)c(-n2c(O)c(C=NC(CO)(CO)CO)c(=O)[nH]c2=O)cc1C. The number of aliphatic hydroxyl groups is 3. The fourth-order valence-electron chi connectivity index (χ4n) is 2.29. The fourth-order valence-corrected chi connectivity index (χ4v) is 2.92. The molecule has 0 saturated heterocycles. The van der Waals surface area contributed by atoms with E-state index in [0.29, 0.717) is 10.2 Å². The number of benzene rings is 1. The van der Waals surface area contributed by atoms with Gasteiger partial charge in [0.05, 0.1) is 25.5 Å². The van der Waals surface area contributed by atoms with Crippen LogP contribution in [0.2, 0.25) is 0 Å². The first-order chi connectivity index (χ1) is 12.7. The Balaban J connectivity index is 2.72. The van der Waals surface area contributed by atoms with Crippen molar-refractivity contribution in [1.29, 1.82) is 0 Å². The van der Waals surface area contributed by atoms with Gasteiger partial charge in [0.1, 0.15) is 11.1 Å². The fraction of sp³-hybridized carbons (Fsp3) is 0.353. The average molecular weight is 442 g/mol. The summed E-state index contributed by atoms with van der Waals surface area (Å²) in [6, 6.07) is 3.43. The average Bonchev–Trinajstić information content (AvgIpc) is 2.62. The van der Waals surface area contributed by atoms with E-state index in [4.69, 9.17) is 0 Å². The molecule has 27 heavy (non-hydrogen) atoms. The number of aryl methyl sites for hydroxylation is 2. The van der Waals surface area contributed by atoms with Gasteiger partial charge in [-0.2, -0.15) is 0 Å². The Labute approximate surface area is 162 Å². The highest BCUT2D eigenvalue weighted by atomic mass is 79.9. The standard InChI is InChI=1S/C17H20BrN3O6/c1-9-3-12(18)13(4-10(9)2)21-15(26)11(14(25)20-16(21)27)5-19-17(6-22,7-23)8-24/h3-5,22-24,26H,6-8H2,1-2H3,(H,20,25,27). The van der Waals surface area contributed by atoms with E-state index in [9.17, 15) is 30.0 Å². The van der Waals surface area contributed by atoms with Crippen LogP contribution >= 0.6 is 15.9 Å². The van der Waals surface area contributed by atoms with Gasteiger partial charge in [0, 0.05) is 10.7 Å². The number of hydrogen-bond acceptors (Lipinski definition) is 7. The lowest BCUT2D eigenvalue weighted by Crippen LogP contribution is -2.40. The quantitative estimate of drug-likeness (QED) is 0.390. The van der Waals surface area contributed by atoms with Gasteiger partial charge < -0.3 is 20.4 Å². The molecule has 0 amide bonds. The van der Waals surface area contributed by atoms with Crippen LogP contribution in [0.3, 0.4) is 0 Å². The number of nitrogens with one attached hydrogen (secondary N) is 1. The Morgan fingerprint density at radius 2 is 1.70 bits per heavy atom. The van der Waals surface area contributed by atoms with Crippen molar-refractivity contribution in [3.05, 3.63) is 54.1 Å². The number of aliphatic hydroxyl groups excluding tert-OH is 3. The molecule has 0 bridgehead atoms. The van der Waals surface area contributed by atoms with Gasteiger partial charge >= 0.3 is 5.69 Å². The van der Waals surface area contributed by atoms with Gasteiger partial charge in [-0.1, -0.05) is 0 Å². The molecule has 146 valence electrons. The second-order valence-corrected chi connectivity index (χ2v) is 7.03. The van der Waals surface area contributed by atoms with Gasteiger partial charge in [-0.05, 0) is 53.0 Å². The molecule has 0 aliphatic rings. The minimum atomic E-state index is -1.62. The molecule has 1 heterocycles. The molecule has 0 saturated carbocycles. The number of aliphatic imine (C=N–C) groups is 1. The molecule has 10 heteroatoms. The van der Waals surface area contributed by atoms with Crippen molar-refractivity contribution >= 4 is 22.1 Å². The largest absolute Gasteiger partial charge is 0.493 e. The predicted molar refractivity (Wildman–Crippen MR) is 103 cm³/mol. The predicted octanol–water partition coefficient (Wildman–Crippen LogP) is -0.255. The molecule has 0 unspecified atom stereocenters. The van der Waals surface area contributed by atoms with Crippen molar-refractivity contribution in [2.45, 2.75) is 19.4 Å². The third-order valence-electron chi connectivity index (χ3n) is 4.28. The number of aromatic hydroxyl groups is 1. The molecule has 5 N–H and O–H groups in total. The van der Waals surface area contributed by atoms with E-state index < -0.39 is 42.5 Å². The van der Waals surface area contributed by atoms with Crippen LogP contribution in [-0.4, -0.2) is 61.6 Å². The van der Waals surface area contributed by atoms with Crippen LogP contribution in [0, 0.1) is 13.8 Å². The topological polar surface area (TPSA) is 148 Å². The van der Waals surface area contributed by atoms with E-state index in [1.54, 1.807) is 12.1 Å². The number of H-pyrrole nitrogens is 1. The van der Waals surface area contributed by atoms with Crippen LogP contribution in [0.4, 0.5) is 0 Å². The Morgan fingerprint density at radius 1 is 1.15 bits per heavy atom. The van der Waals surface area contributed by atoms with E-state index >= 15 is 0 Å². The minimum Gasteiger partial charge on any atom is -0.493 e. The number of nitrogens with zero attached hydrogens (tertiary/aromatic N) is 2. The normalized spacial score (nSPS) is 12.1. The van der Waals surface area contributed by atoms with Crippen molar-refractivity contribution in [3.8, 4) is 11.6 Å². The van der Waals surface area contributed by atoms with Crippen molar-refractivity contribution in [2.24, 2.45) is 4.99 Å². The lowest BCUT2D eigenvalue weighted by molar-refractivity contribution is 0.0718. The molecule has 0 fully saturated rings. The molecule has 0 aliphatic carbocycles. The minimum absolute atomic E-state index is 0.309. The Kier molecular flexibility index (Phi) is 6.37. The monoisotopic (exact) mass is 441 g/mol. The molecule has 2 rings (SSSR count). The Morgan fingerprint density at radius 3 is 2.26 bits per heavy atom. The highest BCUT2D eigenvalue weighted by Crippen LogP contribution is 2.27. The van der Waals surface area contributed by atoms with Crippen LogP contribution in [0.25, 0.3) is 5.69 Å². The van der Waals surface area contributed by atoms with Gasteiger partial charge in [0.25, 0.3) is 5.56 Å². The van der Waals surface area contributed by atoms with Crippen LogP contribution in [0.5, 0.6) is 5.88 Å². The maximum absolute atomic E-state index is 12.3. The van der Waals surface area contributed by atoms with Crippen LogP contribution in [-0.2, 0) is 0 Å². The van der Waals surface area contributed by atoms with E-state index in [1.807, 2.05) is 13.8 Å². The Hall–Kier alpha value is -2.27. The van der Waals surface area contributed by atoms with Crippen LogP contribution in [0.1, 0.15) is 16.7 Å². The second-order valence-electron chi connectivity index (χ2n) is 6.18. The molecule has 0 radical (unpaired) electrons. The molecule has 9 nitrogen and oxygen atoms in total. The summed E-state index contributed by atoms with van der Waals surface area (Å²) < 4.78 is 1.42. The number of aromatic amines is 1. The summed E-state index contributed by atoms with van der Waals surface area (Å²) >= 11 is 3.34. The third-order valence-corrected chi connectivity index (χ3v) is 4.91. The zero-order valence-electron chi connectivity index (χ0n) is 14.7. The molecular weight excluding hydrogens is 422 g/mol. The van der Waals surface area contributed by atoms with E-state index in [2.05, 4.69) is 25.9 Å². The lowest BCUT2D eigenvalue weighted by atomic mass is 10.1. The maximum atomic E-state index is 12.3. The van der Waals surface area contributed by atoms with E-state index in [-0.39, 0.29) is 5.56 Å². The second kappa shape index (κ2) is 8.17. The summed E-state index contributed by atoms with van der Waals surface area (Å²) in [7, 11) is 0. The van der Waals surface area contributed by atoms with Gasteiger partial charge in [-0.3, -0.25) is 14.8 Å². The van der Waals surface area contributed by atoms with E-state index in [0.717, 1.165) is 21.9 Å².